The Kier molecular flexibility index (Phi) is 8.74. The fraction of sp³-hybridized carbons (Fsp3) is 0.414. The Morgan fingerprint density at radius 3 is 2.66 bits per heavy atom. The van der Waals surface area contributed by atoms with E-state index in [4.69, 9.17) is 14.6 Å². The van der Waals surface area contributed by atoms with Crippen LogP contribution in [0, 0.1) is 13.8 Å². The molecule has 35 heavy (non-hydrogen) atoms. The van der Waals surface area contributed by atoms with Crippen molar-refractivity contribution in [3.63, 3.8) is 0 Å². The molecule has 2 heterocycles. The van der Waals surface area contributed by atoms with Crippen molar-refractivity contribution in [2.45, 2.75) is 58.3 Å². The SMILES string of the molecule is C=CCC[C@H](O)CN(Cc1c(C)nn(-c2ccccc2)c1Oc1ccc(C)cc1)C[C@H]1CCCO1. The van der Waals surface area contributed by atoms with Crippen LogP contribution in [-0.4, -0.2) is 51.7 Å². The molecule has 186 valence electrons. The summed E-state index contributed by atoms with van der Waals surface area (Å²) in [5.74, 6) is 1.47. The van der Waals surface area contributed by atoms with Gasteiger partial charge >= 0.3 is 0 Å². The molecule has 3 aromatic rings. The average molecular weight is 476 g/mol. The van der Waals surface area contributed by atoms with Gasteiger partial charge in [-0.2, -0.15) is 5.10 Å². The van der Waals surface area contributed by atoms with Crippen LogP contribution in [0.25, 0.3) is 5.69 Å². The molecule has 1 fully saturated rings. The third-order valence-corrected chi connectivity index (χ3v) is 6.41. The Morgan fingerprint density at radius 2 is 1.97 bits per heavy atom. The zero-order chi connectivity index (χ0) is 24.6. The Hall–Kier alpha value is -2.93. The van der Waals surface area contributed by atoms with Gasteiger partial charge < -0.3 is 14.6 Å². The van der Waals surface area contributed by atoms with Crippen LogP contribution in [0.4, 0.5) is 0 Å². The maximum atomic E-state index is 10.7. The minimum absolute atomic E-state index is 0.188. The second-order valence-electron chi connectivity index (χ2n) is 9.38. The van der Waals surface area contributed by atoms with Gasteiger partial charge in [0.25, 0.3) is 0 Å². The number of para-hydroxylation sites is 1. The molecule has 0 spiro atoms. The third kappa shape index (κ3) is 6.82. The average Bonchev–Trinajstić information content (AvgIpc) is 3.48. The summed E-state index contributed by atoms with van der Waals surface area (Å²) in [6.07, 6.45) is 5.24. The lowest BCUT2D eigenvalue weighted by Crippen LogP contribution is -2.37. The Morgan fingerprint density at radius 1 is 1.20 bits per heavy atom. The van der Waals surface area contributed by atoms with E-state index in [2.05, 4.69) is 18.4 Å². The van der Waals surface area contributed by atoms with Gasteiger partial charge in [0.05, 0.1) is 29.2 Å². The van der Waals surface area contributed by atoms with Crippen LogP contribution >= 0.6 is 0 Å². The first kappa shape index (κ1) is 25.2. The molecule has 0 unspecified atom stereocenters. The molecular formula is C29H37N3O3. The second-order valence-corrected chi connectivity index (χ2v) is 9.38. The number of nitrogens with zero attached hydrogens (tertiary/aromatic N) is 3. The summed E-state index contributed by atoms with van der Waals surface area (Å²) in [5, 5.41) is 15.6. The number of aryl methyl sites for hydroxylation is 2. The minimum atomic E-state index is -0.430. The van der Waals surface area contributed by atoms with Gasteiger partial charge in [0.1, 0.15) is 5.75 Å². The summed E-state index contributed by atoms with van der Waals surface area (Å²) in [6.45, 7) is 10.6. The molecule has 1 aliphatic rings. The zero-order valence-electron chi connectivity index (χ0n) is 20.9. The summed E-state index contributed by atoms with van der Waals surface area (Å²) in [6, 6.07) is 18.1. The first-order valence-electron chi connectivity index (χ1n) is 12.5. The molecule has 2 aromatic carbocycles. The minimum Gasteiger partial charge on any atom is -0.439 e. The second kappa shape index (κ2) is 12.2. The number of ether oxygens (including phenoxy) is 2. The Labute approximate surface area is 208 Å². The highest BCUT2D eigenvalue weighted by Gasteiger charge is 2.25. The van der Waals surface area contributed by atoms with Crippen LogP contribution in [-0.2, 0) is 11.3 Å². The van der Waals surface area contributed by atoms with Crippen LogP contribution in [0.3, 0.4) is 0 Å². The number of hydrogen-bond acceptors (Lipinski definition) is 5. The molecule has 0 saturated carbocycles. The number of allylic oxidation sites excluding steroid dienone is 1. The molecule has 2 atom stereocenters. The van der Waals surface area contributed by atoms with Gasteiger partial charge in [0.2, 0.25) is 5.88 Å². The molecule has 0 radical (unpaired) electrons. The summed E-state index contributed by atoms with van der Waals surface area (Å²) in [5.41, 5.74) is 4.06. The number of aromatic nitrogens is 2. The highest BCUT2D eigenvalue weighted by atomic mass is 16.5. The standard InChI is InChI=1S/C29H37N3O3/c1-4-5-12-25(33)19-31(20-27-13-9-18-34-27)21-28-23(3)30-32(24-10-7-6-8-11-24)29(28)35-26-16-14-22(2)15-17-26/h4,6-8,10-11,14-17,25,27,33H,1,5,9,12-13,18-21H2,2-3H3/t25-,27+/m0/s1. The van der Waals surface area contributed by atoms with Crippen LogP contribution in [0.1, 0.15) is 42.5 Å². The topological polar surface area (TPSA) is 59.8 Å². The van der Waals surface area contributed by atoms with E-state index in [1.165, 1.54) is 5.56 Å². The van der Waals surface area contributed by atoms with E-state index in [9.17, 15) is 5.11 Å². The van der Waals surface area contributed by atoms with Crippen molar-refractivity contribution in [1.29, 1.82) is 0 Å². The monoisotopic (exact) mass is 475 g/mol. The molecule has 1 aliphatic heterocycles. The van der Waals surface area contributed by atoms with Crippen molar-refractivity contribution in [2.24, 2.45) is 0 Å². The Balaban J connectivity index is 1.66. The van der Waals surface area contributed by atoms with Crippen molar-refractivity contribution >= 4 is 0 Å². The van der Waals surface area contributed by atoms with Gasteiger partial charge in [-0.1, -0.05) is 42.0 Å². The van der Waals surface area contributed by atoms with E-state index < -0.39 is 6.10 Å². The highest BCUT2D eigenvalue weighted by Crippen LogP contribution is 2.32. The number of hydrogen-bond donors (Lipinski definition) is 1. The summed E-state index contributed by atoms with van der Waals surface area (Å²) >= 11 is 0. The van der Waals surface area contributed by atoms with Crippen LogP contribution < -0.4 is 4.74 Å². The van der Waals surface area contributed by atoms with Crippen LogP contribution in [0.15, 0.2) is 67.3 Å². The number of aliphatic hydroxyl groups is 1. The summed E-state index contributed by atoms with van der Waals surface area (Å²) in [7, 11) is 0. The Bertz CT molecular complexity index is 1070. The lowest BCUT2D eigenvalue weighted by molar-refractivity contribution is 0.0442. The fourth-order valence-corrected chi connectivity index (χ4v) is 4.49. The van der Waals surface area contributed by atoms with Gasteiger partial charge in [0.15, 0.2) is 0 Å². The molecule has 1 aromatic heterocycles. The zero-order valence-corrected chi connectivity index (χ0v) is 20.9. The quantitative estimate of drug-likeness (QED) is 0.346. The van der Waals surface area contributed by atoms with E-state index >= 15 is 0 Å². The molecule has 1 N–H and O–H groups in total. The molecule has 4 rings (SSSR count). The van der Waals surface area contributed by atoms with E-state index in [1.54, 1.807) is 0 Å². The van der Waals surface area contributed by atoms with Gasteiger partial charge in [0, 0.05) is 26.2 Å². The van der Waals surface area contributed by atoms with Gasteiger partial charge in [-0.15, -0.1) is 6.58 Å². The first-order chi connectivity index (χ1) is 17.0. The van der Waals surface area contributed by atoms with E-state index in [0.717, 1.165) is 55.1 Å². The maximum Gasteiger partial charge on any atom is 0.227 e. The molecular weight excluding hydrogens is 438 g/mol. The smallest absolute Gasteiger partial charge is 0.227 e. The van der Waals surface area contributed by atoms with Crippen molar-refractivity contribution in [3.8, 4) is 17.3 Å². The summed E-state index contributed by atoms with van der Waals surface area (Å²) < 4.78 is 14.3. The van der Waals surface area contributed by atoms with Gasteiger partial charge in [-0.3, -0.25) is 4.90 Å². The molecule has 0 bridgehead atoms. The maximum absolute atomic E-state index is 10.7. The van der Waals surface area contributed by atoms with Gasteiger partial charge in [-0.25, -0.2) is 4.68 Å². The van der Waals surface area contributed by atoms with E-state index in [1.807, 2.05) is 72.3 Å². The first-order valence-corrected chi connectivity index (χ1v) is 12.5. The van der Waals surface area contributed by atoms with Crippen molar-refractivity contribution in [3.05, 3.63) is 84.1 Å². The third-order valence-electron chi connectivity index (χ3n) is 6.41. The molecule has 0 amide bonds. The van der Waals surface area contributed by atoms with Crippen LogP contribution in [0.5, 0.6) is 11.6 Å². The van der Waals surface area contributed by atoms with Crippen LogP contribution in [0.2, 0.25) is 0 Å². The molecule has 6 nitrogen and oxygen atoms in total. The lowest BCUT2D eigenvalue weighted by atomic mass is 10.1. The fourth-order valence-electron chi connectivity index (χ4n) is 4.49. The van der Waals surface area contributed by atoms with Crippen molar-refractivity contribution in [2.75, 3.05) is 19.7 Å². The highest BCUT2D eigenvalue weighted by molar-refractivity contribution is 5.43. The largest absolute Gasteiger partial charge is 0.439 e. The number of aliphatic hydroxyl groups excluding tert-OH is 1. The predicted octanol–water partition coefficient (Wildman–Crippen LogP) is 5.59. The lowest BCUT2D eigenvalue weighted by Gasteiger charge is -2.27. The van der Waals surface area contributed by atoms with E-state index in [-0.39, 0.29) is 6.10 Å². The number of benzene rings is 2. The van der Waals surface area contributed by atoms with Gasteiger partial charge in [-0.05, 0) is 63.8 Å². The van der Waals surface area contributed by atoms with Crippen molar-refractivity contribution in [1.82, 2.24) is 14.7 Å². The molecule has 1 saturated heterocycles. The van der Waals surface area contributed by atoms with E-state index in [0.29, 0.717) is 25.4 Å². The predicted molar refractivity (Wildman–Crippen MR) is 139 cm³/mol. The van der Waals surface area contributed by atoms with Crippen molar-refractivity contribution < 1.29 is 14.6 Å². The normalized spacial score (nSPS) is 16.5. The number of rotatable bonds is 12. The molecule has 6 heteroatoms. The summed E-state index contributed by atoms with van der Waals surface area (Å²) in [4.78, 5) is 2.28. The molecule has 0 aliphatic carbocycles.